The van der Waals surface area contributed by atoms with Crippen molar-refractivity contribution in [2.45, 2.75) is 0 Å². The lowest BCUT2D eigenvalue weighted by atomic mass is 10.2. The number of fused-ring (bicyclic) bond motifs is 1. The van der Waals surface area contributed by atoms with E-state index in [0.717, 1.165) is 9.13 Å². The van der Waals surface area contributed by atoms with Gasteiger partial charge in [-0.3, -0.25) is 9.36 Å². The van der Waals surface area contributed by atoms with Crippen molar-refractivity contribution in [1.29, 1.82) is 0 Å². The minimum absolute atomic E-state index is 0.140. The Morgan fingerprint density at radius 1 is 0.926 bits per heavy atom. The van der Waals surface area contributed by atoms with Gasteiger partial charge in [-0.05, 0) is 64.6 Å². The van der Waals surface area contributed by atoms with Gasteiger partial charge in [0, 0.05) is 3.57 Å². The molecule has 0 saturated heterocycles. The summed E-state index contributed by atoms with van der Waals surface area (Å²) in [6, 6.07) is 22.9. The van der Waals surface area contributed by atoms with Crippen LogP contribution >= 0.6 is 34.2 Å². The van der Waals surface area contributed by atoms with Crippen molar-refractivity contribution in [1.82, 2.24) is 9.55 Å². The molecule has 5 heteroatoms. The minimum atomic E-state index is -0.140. The number of para-hydroxylation sites is 1. The van der Waals surface area contributed by atoms with Crippen molar-refractivity contribution in [3.63, 3.8) is 0 Å². The van der Waals surface area contributed by atoms with Crippen LogP contribution in [0.2, 0.25) is 5.02 Å². The van der Waals surface area contributed by atoms with Crippen molar-refractivity contribution in [2.24, 2.45) is 0 Å². The van der Waals surface area contributed by atoms with Crippen LogP contribution in [0.5, 0.6) is 0 Å². The van der Waals surface area contributed by atoms with E-state index in [0.29, 0.717) is 27.4 Å². The molecule has 0 atom stereocenters. The Hall–Kier alpha value is -2.44. The summed E-state index contributed by atoms with van der Waals surface area (Å²) >= 11 is 8.58. The van der Waals surface area contributed by atoms with Crippen LogP contribution in [0.1, 0.15) is 11.4 Å². The van der Waals surface area contributed by atoms with E-state index in [1.54, 1.807) is 10.6 Å². The highest BCUT2D eigenvalue weighted by atomic mass is 127. The maximum Gasteiger partial charge on any atom is 0.266 e. The molecule has 1 aromatic heterocycles. The van der Waals surface area contributed by atoms with Gasteiger partial charge < -0.3 is 0 Å². The molecular formula is C22H14ClIN2O. The molecule has 0 aliphatic heterocycles. The van der Waals surface area contributed by atoms with E-state index in [1.165, 1.54) is 0 Å². The van der Waals surface area contributed by atoms with Gasteiger partial charge in [0.25, 0.3) is 5.56 Å². The Morgan fingerprint density at radius 3 is 2.44 bits per heavy atom. The fraction of sp³-hybridized carbons (Fsp3) is 0. The molecule has 0 N–H and O–H groups in total. The summed E-state index contributed by atoms with van der Waals surface area (Å²) < 4.78 is 2.55. The van der Waals surface area contributed by atoms with E-state index in [4.69, 9.17) is 16.6 Å². The summed E-state index contributed by atoms with van der Waals surface area (Å²) in [4.78, 5) is 18.0. The average Bonchev–Trinajstić information content (AvgIpc) is 2.69. The smallest absolute Gasteiger partial charge is 0.266 e. The Bertz CT molecular complexity index is 1220. The van der Waals surface area contributed by atoms with Gasteiger partial charge in [0.1, 0.15) is 5.82 Å². The number of hydrogen-bond acceptors (Lipinski definition) is 2. The van der Waals surface area contributed by atoms with Crippen LogP contribution in [0.4, 0.5) is 0 Å². The number of hydrogen-bond donors (Lipinski definition) is 0. The molecule has 4 rings (SSSR count). The molecule has 0 unspecified atom stereocenters. The van der Waals surface area contributed by atoms with Crippen LogP contribution in [-0.4, -0.2) is 9.55 Å². The highest BCUT2D eigenvalue weighted by Gasteiger charge is 2.13. The lowest BCUT2D eigenvalue weighted by molar-refractivity contribution is 0.944. The van der Waals surface area contributed by atoms with Crippen molar-refractivity contribution in [2.75, 3.05) is 0 Å². The molecule has 3 nitrogen and oxygen atoms in total. The third-order valence-corrected chi connectivity index (χ3v) is 5.16. The first-order chi connectivity index (χ1) is 13.1. The predicted molar refractivity (Wildman–Crippen MR) is 120 cm³/mol. The lowest BCUT2D eigenvalue weighted by Crippen LogP contribution is -2.22. The van der Waals surface area contributed by atoms with Gasteiger partial charge in [0.2, 0.25) is 0 Å². The van der Waals surface area contributed by atoms with Gasteiger partial charge in [0.15, 0.2) is 0 Å². The zero-order valence-corrected chi connectivity index (χ0v) is 17.1. The van der Waals surface area contributed by atoms with E-state index in [-0.39, 0.29) is 5.56 Å². The van der Waals surface area contributed by atoms with Crippen LogP contribution in [-0.2, 0) is 0 Å². The van der Waals surface area contributed by atoms with Gasteiger partial charge in [-0.15, -0.1) is 0 Å². The normalized spacial score (nSPS) is 11.3. The zero-order valence-electron chi connectivity index (χ0n) is 14.1. The number of benzene rings is 3. The van der Waals surface area contributed by atoms with E-state index in [1.807, 2.05) is 78.9 Å². The first-order valence-corrected chi connectivity index (χ1v) is 9.79. The van der Waals surface area contributed by atoms with Crippen LogP contribution in [0.25, 0.3) is 28.7 Å². The van der Waals surface area contributed by atoms with Crippen LogP contribution < -0.4 is 5.56 Å². The fourth-order valence-corrected chi connectivity index (χ4v) is 3.60. The standard InChI is InChI=1S/C22H14ClIN2O/c23-18-8-4-5-9-20(18)26-21(13-10-15-6-2-1-3-7-15)25-19-12-11-16(24)14-17(19)22(26)27/h1-14H/b13-10+. The molecule has 27 heavy (non-hydrogen) atoms. The molecule has 0 radical (unpaired) electrons. The van der Waals surface area contributed by atoms with Crippen LogP contribution in [0.3, 0.4) is 0 Å². The summed E-state index contributed by atoms with van der Waals surface area (Å²) in [6.07, 6.45) is 3.78. The van der Waals surface area contributed by atoms with Gasteiger partial charge in [-0.25, -0.2) is 4.98 Å². The summed E-state index contributed by atoms with van der Waals surface area (Å²) in [5, 5.41) is 1.07. The second-order valence-electron chi connectivity index (χ2n) is 5.97. The molecule has 0 amide bonds. The topological polar surface area (TPSA) is 34.9 Å². The van der Waals surface area contributed by atoms with Gasteiger partial charge >= 0.3 is 0 Å². The molecule has 0 aliphatic carbocycles. The van der Waals surface area contributed by atoms with E-state index in [2.05, 4.69) is 22.6 Å². The molecule has 4 aromatic rings. The summed E-state index contributed by atoms with van der Waals surface area (Å²) in [7, 11) is 0. The molecular weight excluding hydrogens is 471 g/mol. The predicted octanol–water partition coefficient (Wildman–Crippen LogP) is 5.81. The Balaban J connectivity index is 2.00. The minimum Gasteiger partial charge on any atom is -0.268 e. The Kier molecular flexibility index (Phi) is 5.09. The Morgan fingerprint density at radius 2 is 1.67 bits per heavy atom. The van der Waals surface area contributed by atoms with E-state index < -0.39 is 0 Å². The Labute approximate surface area is 175 Å². The highest BCUT2D eigenvalue weighted by Crippen LogP contribution is 2.22. The number of rotatable bonds is 3. The van der Waals surface area contributed by atoms with Crippen LogP contribution in [0, 0.1) is 3.57 Å². The fourth-order valence-electron chi connectivity index (χ4n) is 2.89. The molecule has 0 spiro atoms. The average molecular weight is 485 g/mol. The summed E-state index contributed by atoms with van der Waals surface area (Å²) in [5.74, 6) is 0.533. The molecule has 1 heterocycles. The van der Waals surface area contributed by atoms with Gasteiger partial charge in [-0.1, -0.05) is 60.1 Å². The third-order valence-electron chi connectivity index (χ3n) is 4.17. The molecule has 132 valence electrons. The second kappa shape index (κ2) is 7.66. The maximum atomic E-state index is 13.3. The zero-order chi connectivity index (χ0) is 18.8. The molecule has 0 bridgehead atoms. The lowest BCUT2D eigenvalue weighted by Gasteiger charge is -2.13. The third kappa shape index (κ3) is 3.68. The number of halogens is 2. The van der Waals surface area contributed by atoms with Crippen molar-refractivity contribution >= 4 is 57.2 Å². The first kappa shape index (κ1) is 17.9. The van der Waals surface area contributed by atoms with Crippen LogP contribution in [0.15, 0.2) is 77.6 Å². The highest BCUT2D eigenvalue weighted by molar-refractivity contribution is 14.1. The first-order valence-electron chi connectivity index (χ1n) is 8.34. The second-order valence-corrected chi connectivity index (χ2v) is 7.62. The molecule has 0 aliphatic rings. The summed E-state index contributed by atoms with van der Waals surface area (Å²) in [6.45, 7) is 0. The maximum absolute atomic E-state index is 13.3. The summed E-state index contributed by atoms with van der Waals surface area (Å²) in [5.41, 5.74) is 2.17. The molecule has 0 saturated carbocycles. The van der Waals surface area contributed by atoms with Gasteiger partial charge in [0.05, 0.1) is 21.6 Å². The quantitative estimate of drug-likeness (QED) is 0.344. The monoisotopic (exact) mass is 484 g/mol. The van der Waals surface area contributed by atoms with E-state index in [9.17, 15) is 4.79 Å². The SMILES string of the molecule is O=c1c2cc(I)ccc2nc(/C=C/c2ccccc2)n1-c1ccccc1Cl. The van der Waals surface area contributed by atoms with Crippen molar-refractivity contribution in [3.8, 4) is 5.69 Å². The number of aromatic nitrogens is 2. The number of nitrogens with zero attached hydrogens (tertiary/aromatic N) is 2. The van der Waals surface area contributed by atoms with Gasteiger partial charge in [-0.2, -0.15) is 0 Å². The molecule has 0 fully saturated rings. The van der Waals surface area contributed by atoms with Crippen molar-refractivity contribution in [3.05, 3.63) is 103 Å². The molecule has 3 aromatic carbocycles. The van der Waals surface area contributed by atoms with E-state index >= 15 is 0 Å². The van der Waals surface area contributed by atoms with Crippen molar-refractivity contribution < 1.29 is 0 Å². The largest absolute Gasteiger partial charge is 0.268 e.